The predicted octanol–water partition coefficient (Wildman–Crippen LogP) is 3.71. The number of aliphatic hydroxyl groups is 1. The minimum absolute atomic E-state index is 0.0715. The van der Waals surface area contributed by atoms with E-state index in [1.165, 1.54) is 13.8 Å². The van der Waals surface area contributed by atoms with Crippen LogP contribution in [0.15, 0.2) is 36.7 Å². The Morgan fingerprint density at radius 1 is 1.17 bits per heavy atom. The lowest BCUT2D eigenvalue weighted by atomic mass is 9.91. The van der Waals surface area contributed by atoms with Crippen LogP contribution < -0.4 is 15.5 Å². The molecule has 1 saturated heterocycles. The highest BCUT2D eigenvalue weighted by Gasteiger charge is 2.44. The van der Waals surface area contributed by atoms with Gasteiger partial charge in [-0.25, -0.2) is 4.52 Å². The fraction of sp³-hybridized carbons (Fsp3) is 0.448. The molecule has 12 heteroatoms. The van der Waals surface area contributed by atoms with E-state index in [1.807, 2.05) is 24.4 Å². The van der Waals surface area contributed by atoms with Crippen LogP contribution in [0.2, 0.25) is 0 Å². The minimum Gasteiger partial charge on any atom is -0.382 e. The first kappa shape index (κ1) is 27.1. The largest absolute Gasteiger partial charge is 0.382 e. The van der Waals surface area contributed by atoms with Crippen molar-refractivity contribution in [3.05, 3.63) is 42.2 Å². The number of amides is 1. The molecule has 4 aromatic heterocycles. The van der Waals surface area contributed by atoms with Gasteiger partial charge < -0.3 is 20.6 Å². The van der Waals surface area contributed by atoms with Gasteiger partial charge in [-0.15, -0.1) is 10.2 Å². The quantitative estimate of drug-likeness (QED) is 0.302. The van der Waals surface area contributed by atoms with Crippen LogP contribution in [0, 0.1) is 23.2 Å². The maximum absolute atomic E-state index is 12.4. The zero-order valence-electron chi connectivity index (χ0n) is 23.5. The molecule has 212 valence electrons. The van der Waals surface area contributed by atoms with Crippen molar-refractivity contribution in [2.24, 2.45) is 11.8 Å². The van der Waals surface area contributed by atoms with Crippen LogP contribution in [0.5, 0.6) is 0 Å². The number of pyridine rings is 1. The van der Waals surface area contributed by atoms with Gasteiger partial charge in [0.25, 0.3) is 5.91 Å². The van der Waals surface area contributed by atoms with Crippen LogP contribution in [0.1, 0.15) is 46.1 Å². The SMILES string of the molecule is CC(C)Nc1cc(-c2ccc3cc(C#N)cnn23)ncc1-c1nnc(N2C[C@H]3CC[C@@H](C2)C3NC(=O)C(C)(C)O)s1. The number of fused-ring (bicyclic) bond motifs is 3. The summed E-state index contributed by atoms with van der Waals surface area (Å²) in [4.78, 5) is 19.5. The first-order valence-corrected chi connectivity index (χ1v) is 14.7. The van der Waals surface area contributed by atoms with Crippen LogP contribution in [0.3, 0.4) is 0 Å². The molecule has 0 radical (unpaired) electrons. The Hall–Kier alpha value is -4.08. The number of anilines is 2. The molecule has 6 rings (SSSR count). The molecule has 2 aliphatic rings. The fourth-order valence-corrected chi connectivity index (χ4v) is 6.73. The first-order valence-electron chi connectivity index (χ1n) is 13.9. The summed E-state index contributed by atoms with van der Waals surface area (Å²) in [6, 6.07) is 10.1. The lowest BCUT2D eigenvalue weighted by Crippen LogP contribution is -2.56. The molecule has 41 heavy (non-hydrogen) atoms. The van der Waals surface area contributed by atoms with E-state index in [1.54, 1.807) is 28.1 Å². The minimum atomic E-state index is -1.39. The van der Waals surface area contributed by atoms with Gasteiger partial charge in [0.1, 0.15) is 11.7 Å². The molecular weight excluding hydrogens is 538 g/mol. The first-order chi connectivity index (χ1) is 19.6. The average Bonchev–Trinajstić information content (AvgIpc) is 3.63. The highest BCUT2D eigenvalue weighted by molar-refractivity contribution is 7.18. The van der Waals surface area contributed by atoms with Gasteiger partial charge in [-0.2, -0.15) is 10.4 Å². The number of hydrogen-bond acceptors (Lipinski definition) is 10. The number of nitriles is 1. The molecule has 1 aliphatic heterocycles. The maximum Gasteiger partial charge on any atom is 0.251 e. The van der Waals surface area contributed by atoms with E-state index in [-0.39, 0.29) is 18.0 Å². The van der Waals surface area contributed by atoms with E-state index in [9.17, 15) is 15.2 Å². The van der Waals surface area contributed by atoms with Gasteiger partial charge in [0.05, 0.1) is 34.2 Å². The molecule has 0 aromatic carbocycles. The van der Waals surface area contributed by atoms with Crippen molar-refractivity contribution >= 4 is 33.6 Å². The van der Waals surface area contributed by atoms with Crippen molar-refractivity contribution in [1.82, 2.24) is 30.1 Å². The third kappa shape index (κ3) is 5.23. The van der Waals surface area contributed by atoms with E-state index >= 15 is 0 Å². The Kier molecular flexibility index (Phi) is 6.87. The molecule has 1 saturated carbocycles. The van der Waals surface area contributed by atoms with E-state index < -0.39 is 5.60 Å². The van der Waals surface area contributed by atoms with E-state index in [0.29, 0.717) is 17.4 Å². The molecule has 1 aliphatic carbocycles. The second-order valence-electron chi connectivity index (χ2n) is 11.8. The standard InChI is InChI=1S/C29H33N9O2S/c1-16(2)33-22-10-23(24-8-7-20-9-17(11-30)12-32-38(20)24)31-13-21(22)26-35-36-28(41-26)37-14-18-5-6-19(15-37)25(18)34-27(39)29(3,4)40/h7-10,12-13,16,18-19,25,40H,5-6,14-15H2,1-4H3,(H,31,33)(H,34,39)/t18-,19+,25?. The van der Waals surface area contributed by atoms with Crippen molar-refractivity contribution < 1.29 is 9.90 Å². The fourth-order valence-electron chi connectivity index (χ4n) is 5.85. The monoisotopic (exact) mass is 571 g/mol. The molecule has 5 heterocycles. The summed E-state index contributed by atoms with van der Waals surface area (Å²) in [5.41, 5.74) is 3.32. The third-order valence-electron chi connectivity index (χ3n) is 7.84. The van der Waals surface area contributed by atoms with E-state index in [2.05, 4.69) is 50.7 Å². The lowest BCUT2D eigenvalue weighted by Gasteiger charge is -2.38. The zero-order valence-corrected chi connectivity index (χ0v) is 24.3. The van der Waals surface area contributed by atoms with Gasteiger partial charge in [0, 0.05) is 37.1 Å². The second kappa shape index (κ2) is 10.4. The number of carbonyl (C=O) groups is 1. The number of hydrogen-bond donors (Lipinski definition) is 3. The third-order valence-corrected chi connectivity index (χ3v) is 8.86. The Bertz CT molecular complexity index is 1630. The predicted molar refractivity (Wildman–Crippen MR) is 157 cm³/mol. The number of nitrogens with zero attached hydrogens (tertiary/aromatic N) is 7. The van der Waals surface area contributed by atoms with Crippen LogP contribution in [-0.2, 0) is 4.79 Å². The lowest BCUT2D eigenvalue weighted by molar-refractivity contribution is -0.137. The summed E-state index contributed by atoms with van der Waals surface area (Å²) in [5, 5.41) is 41.1. The Labute approximate surface area is 242 Å². The van der Waals surface area contributed by atoms with Crippen LogP contribution >= 0.6 is 11.3 Å². The van der Waals surface area contributed by atoms with Gasteiger partial charge in [-0.1, -0.05) is 11.3 Å². The molecule has 2 fully saturated rings. The second-order valence-corrected chi connectivity index (χ2v) is 12.7. The van der Waals surface area contributed by atoms with Crippen molar-refractivity contribution in [2.75, 3.05) is 23.3 Å². The zero-order chi connectivity index (χ0) is 28.9. The van der Waals surface area contributed by atoms with Crippen molar-refractivity contribution in [3.8, 4) is 28.0 Å². The highest BCUT2D eigenvalue weighted by Crippen LogP contribution is 2.41. The number of aromatic nitrogens is 5. The summed E-state index contributed by atoms with van der Waals surface area (Å²) in [5.74, 6) is 0.297. The van der Waals surface area contributed by atoms with Gasteiger partial charge in [-0.05, 0) is 76.6 Å². The van der Waals surface area contributed by atoms with E-state index in [0.717, 1.165) is 64.2 Å². The number of rotatable bonds is 7. The Morgan fingerprint density at radius 3 is 2.61 bits per heavy atom. The van der Waals surface area contributed by atoms with Crippen LogP contribution in [0.25, 0.3) is 27.5 Å². The summed E-state index contributed by atoms with van der Waals surface area (Å²) >= 11 is 1.54. The normalized spacial score (nSPS) is 20.4. The van der Waals surface area contributed by atoms with Gasteiger partial charge >= 0.3 is 0 Å². The summed E-state index contributed by atoms with van der Waals surface area (Å²) in [6.45, 7) is 8.80. The number of nitrogens with one attached hydrogen (secondary N) is 2. The van der Waals surface area contributed by atoms with Crippen molar-refractivity contribution in [2.45, 2.75) is 58.2 Å². The van der Waals surface area contributed by atoms with E-state index in [4.69, 9.17) is 4.98 Å². The van der Waals surface area contributed by atoms with Gasteiger partial charge in [0.2, 0.25) is 5.13 Å². The summed E-state index contributed by atoms with van der Waals surface area (Å²) < 4.78 is 1.78. The Balaban J connectivity index is 1.25. The van der Waals surface area contributed by atoms with Crippen LogP contribution in [0.4, 0.5) is 10.8 Å². The molecule has 4 aromatic rings. The summed E-state index contributed by atoms with van der Waals surface area (Å²) in [7, 11) is 0. The summed E-state index contributed by atoms with van der Waals surface area (Å²) in [6.07, 6.45) is 5.46. The smallest absolute Gasteiger partial charge is 0.251 e. The molecule has 0 spiro atoms. The topological polar surface area (TPSA) is 144 Å². The molecule has 2 bridgehead atoms. The Morgan fingerprint density at radius 2 is 1.93 bits per heavy atom. The molecule has 3 atom stereocenters. The maximum atomic E-state index is 12.4. The number of piperidine rings is 1. The van der Waals surface area contributed by atoms with Crippen molar-refractivity contribution in [3.63, 3.8) is 0 Å². The molecule has 1 unspecified atom stereocenters. The van der Waals surface area contributed by atoms with Crippen molar-refractivity contribution in [1.29, 1.82) is 5.26 Å². The molecular formula is C29H33N9O2S. The van der Waals surface area contributed by atoms with Gasteiger partial charge in [0.15, 0.2) is 5.01 Å². The molecule has 1 amide bonds. The molecule has 11 nitrogen and oxygen atoms in total. The highest BCUT2D eigenvalue weighted by atomic mass is 32.1. The average molecular weight is 572 g/mol. The number of carbonyl (C=O) groups excluding carboxylic acids is 1. The van der Waals surface area contributed by atoms with Gasteiger partial charge in [-0.3, -0.25) is 9.78 Å². The molecule has 3 N–H and O–H groups in total. The van der Waals surface area contributed by atoms with Crippen LogP contribution in [-0.4, -0.2) is 66.6 Å².